The fraction of sp³-hybridized carbons (Fsp3) is 0.308. The Morgan fingerprint density at radius 2 is 1.62 bits per heavy atom. The van der Waals surface area contributed by atoms with Gasteiger partial charge in [-0.1, -0.05) is 29.8 Å². The van der Waals surface area contributed by atoms with E-state index in [-0.39, 0.29) is 48.3 Å². The lowest BCUT2D eigenvalue weighted by Gasteiger charge is -2.19. The fourth-order valence-electron chi connectivity index (χ4n) is 4.90. The van der Waals surface area contributed by atoms with Crippen LogP contribution in [0.3, 0.4) is 0 Å². The molecule has 1 aliphatic carbocycles. The van der Waals surface area contributed by atoms with Crippen molar-refractivity contribution in [3.63, 3.8) is 0 Å². The third kappa shape index (κ3) is 3.80. The van der Waals surface area contributed by atoms with E-state index in [4.69, 9.17) is 16.3 Å². The Morgan fingerprint density at radius 1 is 0.971 bits per heavy atom. The molecule has 3 aliphatic rings. The third-order valence-electron chi connectivity index (χ3n) is 6.81. The number of benzene rings is 2. The van der Waals surface area contributed by atoms with Gasteiger partial charge in [0.05, 0.1) is 23.4 Å². The number of allylic oxidation sites excluding steroid dienone is 2. The molecule has 0 radical (unpaired) electrons. The van der Waals surface area contributed by atoms with E-state index in [1.54, 1.807) is 47.4 Å². The van der Waals surface area contributed by atoms with Gasteiger partial charge < -0.3 is 9.64 Å². The van der Waals surface area contributed by atoms with E-state index in [0.29, 0.717) is 29.2 Å². The van der Waals surface area contributed by atoms with Crippen LogP contribution in [0.5, 0.6) is 5.75 Å². The summed E-state index contributed by atoms with van der Waals surface area (Å²) in [6, 6.07) is 11.7. The molecule has 2 aliphatic heterocycles. The Labute approximate surface area is 201 Å². The summed E-state index contributed by atoms with van der Waals surface area (Å²) in [4.78, 5) is 53.6. The maximum atomic E-state index is 12.8. The normalized spacial score (nSPS) is 24.1. The largest absolute Gasteiger partial charge is 0.426 e. The molecule has 0 N–H and O–H groups in total. The molecule has 0 aromatic heterocycles. The summed E-state index contributed by atoms with van der Waals surface area (Å²) in [5.41, 5.74) is 1.93. The number of amides is 3. The van der Waals surface area contributed by atoms with Crippen molar-refractivity contribution in [2.45, 2.75) is 26.2 Å². The van der Waals surface area contributed by atoms with E-state index < -0.39 is 11.9 Å². The van der Waals surface area contributed by atoms with Crippen molar-refractivity contribution >= 4 is 46.7 Å². The molecule has 5 rings (SSSR count). The molecule has 0 bridgehead atoms. The summed E-state index contributed by atoms with van der Waals surface area (Å²) in [6.07, 6.45) is 5.10. The first kappa shape index (κ1) is 22.3. The summed E-state index contributed by atoms with van der Waals surface area (Å²) in [5, 5.41) is 0.557. The summed E-state index contributed by atoms with van der Waals surface area (Å²) < 4.78 is 5.51. The molecule has 34 heavy (non-hydrogen) atoms. The number of rotatable bonds is 4. The number of nitrogens with zero attached hydrogens (tertiary/aromatic N) is 2. The minimum absolute atomic E-state index is 0.0520. The molecule has 3 atom stereocenters. The summed E-state index contributed by atoms with van der Waals surface area (Å²) in [5.74, 6) is -1.98. The van der Waals surface area contributed by atoms with Gasteiger partial charge in [0, 0.05) is 23.7 Å². The second-order valence-electron chi connectivity index (χ2n) is 8.87. The molecule has 2 aromatic carbocycles. The zero-order valence-corrected chi connectivity index (χ0v) is 19.3. The number of ether oxygens (including phenoxy) is 1. The highest BCUT2D eigenvalue weighted by atomic mass is 35.5. The van der Waals surface area contributed by atoms with E-state index >= 15 is 0 Å². The Kier molecular flexibility index (Phi) is 5.73. The van der Waals surface area contributed by atoms with Crippen LogP contribution in [0.15, 0.2) is 54.6 Å². The summed E-state index contributed by atoms with van der Waals surface area (Å²) >= 11 is 6.18. The SMILES string of the molecule is Cc1c(Cl)cccc1N1C[C@H](C(=O)Oc2ccc(N3C(=O)[C@H]4CC=CC[C@H]4C3=O)cc2)CC1=O. The molecule has 3 amide bonds. The third-order valence-corrected chi connectivity index (χ3v) is 7.22. The smallest absolute Gasteiger partial charge is 0.316 e. The molecule has 174 valence electrons. The highest BCUT2D eigenvalue weighted by Crippen LogP contribution is 2.38. The topological polar surface area (TPSA) is 84.0 Å². The van der Waals surface area contributed by atoms with E-state index in [0.717, 1.165) is 5.56 Å². The number of carbonyl (C=O) groups is 4. The number of esters is 1. The van der Waals surface area contributed by atoms with Gasteiger partial charge in [-0.15, -0.1) is 0 Å². The number of hydrogen-bond acceptors (Lipinski definition) is 5. The highest BCUT2D eigenvalue weighted by molar-refractivity contribution is 6.31. The second kappa shape index (κ2) is 8.72. The average molecular weight is 479 g/mol. The second-order valence-corrected chi connectivity index (χ2v) is 9.28. The molecule has 8 heteroatoms. The Hall–Kier alpha value is -3.45. The first-order valence-electron chi connectivity index (χ1n) is 11.2. The lowest BCUT2D eigenvalue weighted by atomic mass is 9.85. The molecule has 2 fully saturated rings. The van der Waals surface area contributed by atoms with Crippen molar-refractivity contribution in [1.82, 2.24) is 0 Å². The minimum Gasteiger partial charge on any atom is -0.426 e. The lowest BCUT2D eigenvalue weighted by Crippen LogP contribution is -2.30. The summed E-state index contributed by atoms with van der Waals surface area (Å²) in [6.45, 7) is 2.05. The van der Waals surface area contributed by atoms with Crippen molar-refractivity contribution in [2.75, 3.05) is 16.3 Å². The maximum Gasteiger partial charge on any atom is 0.316 e. The molecular formula is C26H23ClN2O5. The first-order valence-corrected chi connectivity index (χ1v) is 11.6. The van der Waals surface area contributed by atoms with Gasteiger partial charge in [-0.05, 0) is 61.7 Å². The Balaban J connectivity index is 1.25. The predicted octanol–water partition coefficient (Wildman–Crippen LogP) is 4.06. The molecule has 0 saturated carbocycles. The van der Waals surface area contributed by atoms with Crippen molar-refractivity contribution in [3.05, 3.63) is 65.2 Å². The van der Waals surface area contributed by atoms with E-state index in [1.165, 1.54) is 4.90 Å². The van der Waals surface area contributed by atoms with Gasteiger partial charge in [-0.3, -0.25) is 24.1 Å². The minimum atomic E-state index is -0.608. The van der Waals surface area contributed by atoms with Crippen LogP contribution in [0.2, 0.25) is 5.02 Å². The average Bonchev–Trinajstić information content (AvgIpc) is 3.34. The van der Waals surface area contributed by atoms with Crippen LogP contribution >= 0.6 is 11.6 Å². The van der Waals surface area contributed by atoms with Gasteiger partial charge in [0.15, 0.2) is 0 Å². The van der Waals surface area contributed by atoms with Gasteiger partial charge in [-0.2, -0.15) is 0 Å². The Bertz CT molecular complexity index is 1200. The quantitative estimate of drug-likeness (QED) is 0.286. The van der Waals surface area contributed by atoms with Crippen molar-refractivity contribution in [3.8, 4) is 5.75 Å². The number of anilines is 2. The molecular weight excluding hydrogens is 456 g/mol. The monoisotopic (exact) mass is 478 g/mol. The van der Waals surface area contributed by atoms with Crippen molar-refractivity contribution < 1.29 is 23.9 Å². The van der Waals surface area contributed by atoms with Gasteiger partial charge in [0.1, 0.15) is 5.75 Å². The van der Waals surface area contributed by atoms with Crippen LogP contribution in [-0.4, -0.2) is 30.2 Å². The van der Waals surface area contributed by atoms with Gasteiger partial charge in [-0.25, -0.2) is 0 Å². The van der Waals surface area contributed by atoms with Crippen LogP contribution < -0.4 is 14.5 Å². The van der Waals surface area contributed by atoms with Crippen LogP contribution in [0.1, 0.15) is 24.8 Å². The zero-order chi connectivity index (χ0) is 24.0. The number of hydrogen-bond donors (Lipinski definition) is 0. The lowest BCUT2D eigenvalue weighted by molar-refractivity contribution is -0.139. The molecule has 2 aromatic rings. The number of imide groups is 1. The first-order chi connectivity index (χ1) is 16.3. The Morgan fingerprint density at radius 3 is 2.26 bits per heavy atom. The summed E-state index contributed by atoms with van der Waals surface area (Å²) in [7, 11) is 0. The zero-order valence-electron chi connectivity index (χ0n) is 18.6. The number of halogens is 1. The molecule has 2 saturated heterocycles. The fourth-order valence-corrected chi connectivity index (χ4v) is 5.07. The standard InChI is InChI=1S/C26H23ClN2O5/c1-15-21(27)7-4-8-22(15)28-14-16(13-23(28)30)26(33)34-18-11-9-17(10-12-18)29-24(31)19-5-2-3-6-20(19)25(29)32/h2-4,7-12,16,19-20H,5-6,13-14H2,1H3/t16-,19-,20+/m1/s1. The predicted molar refractivity (Wildman–Crippen MR) is 127 cm³/mol. The molecule has 7 nitrogen and oxygen atoms in total. The molecule has 2 heterocycles. The van der Waals surface area contributed by atoms with Crippen molar-refractivity contribution in [1.29, 1.82) is 0 Å². The number of carbonyl (C=O) groups excluding carboxylic acids is 4. The van der Waals surface area contributed by atoms with Crippen LogP contribution in [0.25, 0.3) is 0 Å². The van der Waals surface area contributed by atoms with E-state index in [9.17, 15) is 19.2 Å². The number of fused-ring (bicyclic) bond motifs is 1. The molecule has 0 spiro atoms. The van der Waals surface area contributed by atoms with Gasteiger partial charge >= 0.3 is 5.97 Å². The van der Waals surface area contributed by atoms with Crippen molar-refractivity contribution in [2.24, 2.45) is 17.8 Å². The van der Waals surface area contributed by atoms with E-state index in [1.807, 2.05) is 19.1 Å². The van der Waals surface area contributed by atoms with Crippen LogP contribution in [0, 0.1) is 24.7 Å². The van der Waals surface area contributed by atoms with E-state index in [2.05, 4.69) is 0 Å². The maximum absolute atomic E-state index is 12.8. The van der Waals surface area contributed by atoms with Gasteiger partial charge in [0.2, 0.25) is 17.7 Å². The van der Waals surface area contributed by atoms with Gasteiger partial charge in [0.25, 0.3) is 0 Å². The highest BCUT2D eigenvalue weighted by Gasteiger charge is 2.47. The van der Waals surface area contributed by atoms with Crippen LogP contribution in [0.4, 0.5) is 11.4 Å². The molecule has 0 unspecified atom stereocenters. The van der Waals surface area contributed by atoms with Crippen LogP contribution in [-0.2, 0) is 19.2 Å².